The molecule has 0 aliphatic carbocycles. The monoisotopic (exact) mass is 428 g/mol. The van der Waals surface area contributed by atoms with Crippen molar-refractivity contribution < 1.29 is 19.4 Å². The maximum absolute atomic E-state index is 11.9. The Morgan fingerprint density at radius 2 is 1.30 bits per heavy atom. The molecule has 2 N–H and O–H groups in total. The zero-order valence-electron chi connectivity index (χ0n) is 19.8. The number of hydrogen-bond acceptors (Lipinski definition) is 5. The minimum absolute atomic E-state index is 0.0358. The summed E-state index contributed by atoms with van der Waals surface area (Å²) >= 11 is 0. The predicted molar refractivity (Wildman–Crippen MR) is 123 cm³/mol. The maximum Gasteiger partial charge on any atom is 0.306 e. The van der Waals surface area contributed by atoms with Gasteiger partial charge in [-0.2, -0.15) is 0 Å². The summed E-state index contributed by atoms with van der Waals surface area (Å²) < 4.78 is 4.64. The molecule has 0 spiro atoms. The van der Waals surface area contributed by atoms with E-state index in [4.69, 9.17) is 5.11 Å². The molecule has 0 atom stereocenters. The van der Waals surface area contributed by atoms with E-state index in [0.717, 1.165) is 12.8 Å². The Balaban J connectivity index is 3.48. The fraction of sp³-hybridized carbons (Fsp3) is 0.917. The van der Waals surface area contributed by atoms with Crippen molar-refractivity contribution in [2.24, 2.45) is 0 Å². The minimum atomic E-state index is -0.260. The van der Waals surface area contributed by atoms with Gasteiger partial charge in [-0.1, -0.05) is 84.0 Å². The number of esters is 1. The molecule has 0 aromatic carbocycles. The molecular formula is C24H48N2O4. The fourth-order valence-electron chi connectivity index (χ4n) is 3.57. The van der Waals surface area contributed by atoms with Crippen molar-refractivity contribution in [3.05, 3.63) is 0 Å². The van der Waals surface area contributed by atoms with Crippen LogP contribution in [0.4, 0.5) is 0 Å². The standard InChI is InChI=1S/C24H48N2O4/c1-3-4-5-6-7-8-9-10-11-12-13-14-15-16-23(28)25-18-20-26(21-22-27)19-17-24(29)30-2/h27H,3-22H2,1-2H3,(H,25,28). The van der Waals surface area contributed by atoms with Gasteiger partial charge in [0.05, 0.1) is 20.1 Å². The maximum atomic E-state index is 11.9. The molecule has 178 valence electrons. The first-order chi connectivity index (χ1) is 14.6. The molecule has 0 saturated heterocycles. The number of nitrogens with one attached hydrogen (secondary N) is 1. The van der Waals surface area contributed by atoms with Gasteiger partial charge in [-0.05, 0) is 6.42 Å². The van der Waals surface area contributed by atoms with E-state index >= 15 is 0 Å². The Morgan fingerprint density at radius 1 is 0.767 bits per heavy atom. The first kappa shape index (κ1) is 28.9. The Bertz CT molecular complexity index is 405. The number of nitrogens with zero attached hydrogens (tertiary/aromatic N) is 1. The summed E-state index contributed by atoms with van der Waals surface area (Å²) in [4.78, 5) is 25.1. The van der Waals surface area contributed by atoms with E-state index in [1.165, 1.54) is 77.7 Å². The van der Waals surface area contributed by atoms with E-state index in [-0.39, 0.29) is 18.5 Å². The molecule has 0 aromatic rings. The molecule has 6 nitrogen and oxygen atoms in total. The van der Waals surface area contributed by atoms with Gasteiger partial charge in [0.2, 0.25) is 5.91 Å². The van der Waals surface area contributed by atoms with Gasteiger partial charge in [0.15, 0.2) is 0 Å². The Labute approximate surface area is 185 Å². The first-order valence-electron chi connectivity index (χ1n) is 12.3. The summed E-state index contributed by atoms with van der Waals surface area (Å²) in [5.41, 5.74) is 0. The van der Waals surface area contributed by atoms with Crippen LogP contribution in [0.3, 0.4) is 0 Å². The number of rotatable bonds is 22. The van der Waals surface area contributed by atoms with Crippen molar-refractivity contribution in [2.45, 2.75) is 103 Å². The Kier molecular flexibility index (Phi) is 21.7. The van der Waals surface area contributed by atoms with Gasteiger partial charge in [-0.3, -0.25) is 14.5 Å². The second-order valence-electron chi connectivity index (χ2n) is 8.23. The highest BCUT2D eigenvalue weighted by Gasteiger charge is 2.09. The number of carbonyl (C=O) groups excluding carboxylic acids is 2. The Morgan fingerprint density at radius 3 is 1.80 bits per heavy atom. The minimum Gasteiger partial charge on any atom is -0.469 e. The second kappa shape index (κ2) is 22.5. The molecule has 0 aromatic heterocycles. The average Bonchev–Trinajstić information content (AvgIpc) is 2.75. The fourth-order valence-corrected chi connectivity index (χ4v) is 3.57. The van der Waals surface area contributed by atoms with Gasteiger partial charge in [0.25, 0.3) is 0 Å². The lowest BCUT2D eigenvalue weighted by Crippen LogP contribution is -2.37. The van der Waals surface area contributed by atoms with Crippen molar-refractivity contribution in [3.8, 4) is 0 Å². The molecule has 0 aliphatic rings. The summed E-state index contributed by atoms with van der Waals surface area (Å²) in [5, 5.41) is 12.0. The van der Waals surface area contributed by atoms with E-state index in [9.17, 15) is 9.59 Å². The normalized spacial score (nSPS) is 11.1. The third-order valence-electron chi connectivity index (χ3n) is 5.53. The van der Waals surface area contributed by atoms with Gasteiger partial charge in [-0.25, -0.2) is 0 Å². The van der Waals surface area contributed by atoms with Crippen molar-refractivity contribution in [3.63, 3.8) is 0 Å². The number of aliphatic hydroxyl groups is 1. The largest absolute Gasteiger partial charge is 0.469 e. The molecule has 30 heavy (non-hydrogen) atoms. The summed E-state index contributed by atoms with van der Waals surface area (Å²) in [6, 6.07) is 0. The van der Waals surface area contributed by atoms with Crippen LogP contribution in [0.2, 0.25) is 0 Å². The molecule has 0 unspecified atom stereocenters. The summed E-state index contributed by atoms with van der Waals surface area (Å²) in [5.74, 6) is -0.167. The molecule has 0 bridgehead atoms. The molecule has 0 aliphatic heterocycles. The SMILES string of the molecule is CCCCCCCCCCCCCCCC(=O)NCCN(CCO)CCC(=O)OC. The lowest BCUT2D eigenvalue weighted by molar-refractivity contribution is -0.141. The van der Waals surface area contributed by atoms with Crippen LogP contribution >= 0.6 is 0 Å². The van der Waals surface area contributed by atoms with E-state index in [1.54, 1.807) is 0 Å². The lowest BCUT2D eigenvalue weighted by atomic mass is 10.0. The van der Waals surface area contributed by atoms with Crippen LogP contribution in [-0.4, -0.2) is 61.8 Å². The number of unbranched alkanes of at least 4 members (excludes halogenated alkanes) is 12. The number of amides is 1. The van der Waals surface area contributed by atoms with E-state index in [2.05, 4.69) is 17.0 Å². The topological polar surface area (TPSA) is 78.9 Å². The van der Waals surface area contributed by atoms with Crippen molar-refractivity contribution in [1.29, 1.82) is 0 Å². The molecule has 1 amide bonds. The predicted octanol–water partition coefficient (Wildman–Crippen LogP) is 4.44. The molecule has 0 heterocycles. The van der Waals surface area contributed by atoms with E-state index in [1.807, 2.05) is 4.90 Å². The van der Waals surface area contributed by atoms with Gasteiger partial charge < -0.3 is 15.2 Å². The van der Waals surface area contributed by atoms with Crippen LogP contribution < -0.4 is 5.32 Å². The highest BCUT2D eigenvalue weighted by molar-refractivity contribution is 5.75. The molecule has 6 heteroatoms. The summed E-state index contributed by atoms with van der Waals surface area (Å²) in [6.07, 6.45) is 17.8. The van der Waals surface area contributed by atoms with Gasteiger partial charge in [-0.15, -0.1) is 0 Å². The van der Waals surface area contributed by atoms with Gasteiger partial charge in [0, 0.05) is 32.6 Å². The third kappa shape index (κ3) is 20.1. The molecular weight excluding hydrogens is 380 g/mol. The molecule has 0 rings (SSSR count). The van der Waals surface area contributed by atoms with E-state index < -0.39 is 0 Å². The van der Waals surface area contributed by atoms with Crippen molar-refractivity contribution in [2.75, 3.05) is 39.9 Å². The summed E-state index contributed by atoms with van der Waals surface area (Å²) in [6.45, 7) is 4.49. The van der Waals surface area contributed by atoms with Crippen molar-refractivity contribution >= 4 is 11.9 Å². The Hall–Kier alpha value is -1.14. The molecule has 0 fully saturated rings. The van der Waals surface area contributed by atoms with E-state index in [0.29, 0.717) is 39.0 Å². The first-order valence-corrected chi connectivity index (χ1v) is 12.3. The number of aliphatic hydroxyl groups excluding tert-OH is 1. The summed E-state index contributed by atoms with van der Waals surface area (Å²) in [7, 11) is 1.37. The number of carbonyl (C=O) groups is 2. The zero-order chi connectivity index (χ0) is 22.3. The van der Waals surface area contributed by atoms with Crippen LogP contribution in [-0.2, 0) is 14.3 Å². The smallest absolute Gasteiger partial charge is 0.306 e. The zero-order valence-corrected chi connectivity index (χ0v) is 19.8. The van der Waals surface area contributed by atoms with Crippen molar-refractivity contribution in [1.82, 2.24) is 10.2 Å². The second-order valence-corrected chi connectivity index (χ2v) is 8.23. The number of methoxy groups -OCH3 is 1. The van der Waals surface area contributed by atoms with Crippen LogP contribution in [0, 0.1) is 0 Å². The number of ether oxygens (including phenoxy) is 1. The van der Waals surface area contributed by atoms with Gasteiger partial charge >= 0.3 is 5.97 Å². The molecule has 0 radical (unpaired) electrons. The van der Waals surface area contributed by atoms with Crippen LogP contribution in [0.15, 0.2) is 0 Å². The van der Waals surface area contributed by atoms with Crippen LogP contribution in [0.25, 0.3) is 0 Å². The third-order valence-corrected chi connectivity index (χ3v) is 5.53. The van der Waals surface area contributed by atoms with Gasteiger partial charge in [0.1, 0.15) is 0 Å². The highest BCUT2D eigenvalue weighted by Crippen LogP contribution is 2.12. The van der Waals surface area contributed by atoms with Crippen LogP contribution in [0.1, 0.15) is 103 Å². The lowest BCUT2D eigenvalue weighted by Gasteiger charge is -2.20. The number of hydrogen-bond donors (Lipinski definition) is 2. The average molecular weight is 429 g/mol. The molecule has 0 saturated carbocycles. The van der Waals surface area contributed by atoms with Crippen LogP contribution in [0.5, 0.6) is 0 Å². The highest BCUT2D eigenvalue weighted by atomic mass is 16.5. The quantitative estimate of drug-likeness (QED) is 0.197.